The number of benzene rings is 1. The van der Waals surface area contributed by atoms with Gasteiger partial charge in [-0.2, -0.15) is 0 Å². The van der Waals surface area contributed by atoms with E-state index in [2.05, 4.69) is 34.4 Å². The SMILES string of the molecule is CCN(CC)c1ccc(NC(=O)c2ccccc2CCNC)cn1. The molecule has 0 saturated heterocycles. The quantitative estimate of drug-likeness (QED) is 0.783. The van der Waals surface area contributed by atoms with E-state index >= 15 is 0 Å². The lowest BCUT2D eigenvalue weighted by Gasteiger charge is -2.19. The number of pyridine rings is 1. The Balaban J connectivity index is 2.10. The molecule has 2 aromatic rings. The van der Waals surface area contributed by atoms with Gasteiger partial charge in [0.25, 0.3) is 5.91 Å². The number of nitrogens with zero attached hydrogens (tertiary/aromatic N) is 2. The Bertz CT molecular complexity index is 651. The molecule has 2 rings (SSSR count). The Kier molecular flexibility index (Phi) is 6.75. The number of carbonyl (C=O) groups excluding carboxylic acids is 1. The number of rotatable bonds is 8. The zero-order chi connectivity index (χ0) is 17.4. The largest absolute Gasteiger partial charge is 0.357 e. The zero-order valence-corrected chi connectivity index (χ0v) is 14.7. The fourth-order valence-corrected chi connectivity index (χ4v) is 2.61. The van der Waals surface area contributed by atoms with Crippen LogP contribution in [-0.2, 0) is 6.42 Å². The molecule has 1 amide bonds. The zero-order valence-electron chi connectivity index (χ0n) is 14.7. The molecule has 0 aliphatic carbocycles. The van der Waals surface area contributed by atoms with Crippen molar-refractivity contribution in [3.05, 3.63) is 53.7 Å². The van der Waals surface area contributed by atoms with Crippen LogP contribution in [0.2, 0.25) is 0 Å². The van der Waals surface area contributed by atoms with E-state index in [0.717, 1.165) is 37.4 Å². The van der Waals surface area contributed by atoms with E-state index in [-0.39, 0.29) is 5.91 Å². The van der Waals surface area contributed by atoms with Gasteiger partial charge in [0.05, 0.1) is 11.9 Å². The lowest BCUT2D eigenvalue weighted by Crippen LogP contribution is -2.23. The molecule has 0 fully saturated rings. The van der Waals surface area contributed by atoms with Crippen molar-refractivity contribution in [2.24, 2.45) is 0 Å². The van der Waals surface area contributed by atoms with Gasteiger partial charge in [-0.25, -0.2) is 4.98 Å². The summed E-state index contributed by atoms with van der Waals surface area (Å²) in [5.74, 6) is 0.825. The standard InChI is InChI=1S/C19H26N4O/c1-4-23(5-2)18-11-10-16(14-21-18)22-19(24)17-9-7-6-8-15(17)12-13-20-3/h6-11,14,20H,4-5,12-13H2,1-3H3,(H,22,24). The van der Waals surface area contributed by atoms with E-state index in [1.54, 1.807) is 6.20 Å². The van der Waals surface area contributed by atoms with Crippen LogP contribution in [0.15, 0.2) is 42.6 Å². The summed E-state index contributed by atoms with van der Waals surface area (Å²) in [6.45, 7) is 6.86. The van der Waals surface area contributed by atoms with Gasteiger partial charge < -0.3 is 15.5 Å². The molecule has 0 spiro atoms. The fourth-order valence-electron chi connectivity index (χ4n) is 2.61. The van der Waals surface area contributed by atoms with Crippen LogP contribution in [0, 0.1) is 0 Å². The van der Waals surface area contributed by atoms with Crippen LogP contribution < -0.4 is 15.5 Å². The molecule has 5 heteroatoms. The Morgan fingerprint density at radius 2 is 1.88 bits per heavy atom. The normalized spacial score (nSPS) is 10.5. The molecule has 0 aliphatic rings. The van der Waals surface area contributed by atoms with Gasteiger partial charge in [-0.3, -0.25) is 4.79 Å². The molecule has 0 unspecified atom stereocenters. The van der Waals surface area contributed by atoms with Crippen LogP contribution in [0.25, 0.3) is 0 Å². The highest BCUT2D eigenvalue weighted by molar-refractivity contribution is 6.05. The van der Waals surface area contributed by atoms with Crippen LogP contribution >= 0.6 is 0 Å². The Hall–Kier alpha value is -2.40. The van der Waals surface area contributed by atoms with E-state index in [4.69, 9.17) is 0 Å². The molecule has 0 radical (unpaired) electrons. The highest BCUT2D eigenvalue weighted by Gasteiger charge is 2.11. The van der Waals surface area contributed by atoms with Crippen LogP contribution in [-0.4, -0.2) is 37.6 Å². The van der Waals surface area contributed by atoms with Crippen molar-refractivity contribution in [2.45, 2.75) is 20.3 Å². The smallest absolute Gasteiger partial charge is 0.255 e. The van der Waals surface area contributed by atoms with Crippen LogP contribution in [0.1, 0.15) is 29.8 Å². The number of anilines is 2. The lowest BCUT2D eigenvalue weighted by molar-refractivity contribution is 0.102. The molecular formula is C19H26N4O. The minimum absolute atomic E-state index is 0.0981. The average molecular weight is 326 g/mol. The van der Waals surface area contributed by atoms with E-state index in [9.17, 15) is 4.79 Å². The summed E-state index contributed by atoms with van der Waals surface area (Å²) < 4.78 is 0. The first-order valence-corrected chi connectivity index (χ1v) is 8.44. The Morgan fingerprint density at radius 1 is 1.12 bits per heavy atom. The van der Waals surface area contributed by atoms with Crippen molar-refractivity contribution in [1.82, 2.24) is 10.3 Å². The molecule has 1 heterocycles. The summed E-state index contributed by atoms with van der Waals surface area (Å²) >= 11 is 0. The topological polar surface area (TPSA) is 57.3 Å². The molecule has 24 heavy (non-hydrogen) atoms. The predicted octanol–water partition coefficient (Wildman–Crippen LogP) is 2.94. The molecule has 0 bridgehead atoms. The van der Waals surface area contributed by atoms with Crippen molar-refractivity contribution in [2.75, 3.05) is 36.9 Å². The number of likely N-dealkylation sites (N-methyl/N-ethyl adjacent to an activating group) is 1. The molecule has 0 aliphatic heterocycles. The average Bonchev–Trinajstić information content (AvgIpc) is 2.62. The number of aromatic nitrogens is 1. The van der Waals surface area contributed by atoms with Crippen LogP contribution in [0.4, 0.5) is 11.5 Å². The molecule has 0 atom stereocenters. The highest BCUT2D eigenvalue weighted by atomic mass is 16.1. The number of hydrogen-bond donors (Lipinski definition) is 2. The van der Waals surface area contributed by atoms with Gasteiger partial charge in [-0.15, -0.1) is 0 Å². The summed E-state index contributed by atoms with van der Waals surface area (Å²) in [6.07, 6.45) is 2.53. The van der Waals surface area contributed by atoms with E-state index in [0.29, 0.717) is 11.3 Å². The van der Waals surface area contributed by atoms with Crippen molar-refractivity contribution < 1.29 is 4.79 Å². The molecular weight excluding hydrogens is 300 g/mol. The van der Waals surface area contributed by atoms with Gasteiger partial charge in [-0.05, 0) is 57.6 Å². The van der Waals surface area contributed by atoms with Crippen LogP contribution in [0.5, 0.6) is 0 Å². The number of carbonyl (C=O) groups is 1. The maximum atomic E-state index is 12.6. The first-order chi connectivity index (χ1) is 11.7. The highest BCUT2D eigenvalue weighted by Crippen LogP contribution is 2.16. The maximum absolute atomic E-state index is 12.6. The third kappa shape index (κ3) is 4.55. The monoisotopic (exact) mass is 326 g/mol. The number of hydrogen-bond acceptors (Lipinski definition) is 4. The second-order valence-electron chi connectivity index (χ2n) is 5.54. The van der Waals surface area contributed by atoms with Crippen LogP contribution in [0.3, 0.4) is 0 Å². The minimum atomic E-state index is -0.0981. The first-order valence-electron chi connectivity index (χ1n) is 8.44. The summed E-state index contributed by atoms with van der Waals surface area (Å²) in [5, 5.41) is 6.05. The van der Waals surface area contributed by atoms with Gasteiger partial charge in [0, 0.05) is 18.7 Å². The van der Waals surface area contributed by atoms with Crippen molar-refractivity contribution >= 4 is 17.4 Å². The van der Waals surface area contributed by atoms with Gasteiger partial charge in [0.15, 0.2) is 0 Å². The molecule has 2 N–H and O–H groups in total. The summed E-state index contributed by atoms with van der Waals surface area (Å²) in [7, 11) is 1.91. The molecule has 1 aromatic carbocycles. The van der Waals surface area contributed by atoms with Crippen molar-refractivity contribution in [3.8, 4) is 0 Å². The minimum Gasteiger partial charge on any atom is -0.357 e. The third-order valence-electron chi connectivity index (χ3n) is 4.00. The van der Waals surface area contributed by atoms with Crippen molar-refractivity contribution in [3.63, 3.8) is 0 Å². The van der Waals surface area contributed by atoms with Crippen molar-refractivity contribution in [1.29, 1.82) is 0 Å². The summed E-state index contributed by atoms with van der Waals surface area (Å²) in [4.78, 5) is 19.2. The van der Waals surface area contributed by atoms with E-state index < -0.39 is 0 Å². The third-order valence-corrected chi connectivity index (χ3v) is 4.00. The van der Waals surface area contributed by atoms with E-state index in [1.807, 2.05) is 43.4 Å². The number of amides is 1. The summed E-state index contributed by atoms with van der Waals surface area (Å²) in [6, 6.07) is 11.5. The second kappa shape index (κ2) is 9.03. The maximum Gasteiger partial charge on any atom is 0.255 e. The molecule has 128 valence electrons. The second-order valence-corrected chi connectivity index (χ2v) is 5.54. The van der Waals surface area contributed by atoms with Gasteiger partial charge in [0.2, 0.25) is 0 Å². The number of nitrogens with one attached hydrogen (secondary N) is 2. The van der Waals surface area contributed by atoms with Gasteiger partial charge >= 0.3 is 0 Å². The molecule has 1 aromatic heterocycles. The molecule has 5 nitrogen and oxygen atoms in total. The van der Waals surface area contributed by atoms with Gasteiger partial charge in [-0.1, -0.05) is 18.2 Å². The van der Waals surface area contributed by atoms with Gasteiger partial charge in [0.1, 0.15) is 5.82 Å². The van der Waals surface area contributed by atoms with E-state index in [1.165, 1.54) is 0 Å². The summed E-state index contributed by atoms with van der Waals surface area (Å²) in [5.41, 5.74) is 2.46. The Labute approximate surface area is 144 Å². The molecule has 0 saturated carbocycles. The fraction of sp³-hybridized carbons (Fsp3) is 0.368. The predicted molar refractivity (Wildman–Crippen MR) is 99.8 cm³/mol. The lowest BCUT2D eigenvalue weighted by atomic mass is 10.0. The Morgan fingerprint density at radius 3 is 2.50 bits per heavy atom. The first kappa shape index (κ1) is 17.9.